The highest BCUT2D eigenvalue weighted by Gasteiger charge is 2.09. The van der Waals surface area contributed by atoms with E-state index >= 15 is 0 Å². The highest BCUT2D eigenvalue weighted by Crippen LogP contribution is 2.23. The second-order valence-electron chi connectivity index (χ2n) is 4.25. The molecule has 3 nitrogen and oxygen atoms in total. The van der Waals surface area contributed by atoms with Crippen molar-refractivity contribution in [3.8, 4) is 0 Å². The van der Waals surface area contributed by atoms with E-state index in [4.69, 9.17) is 11.6 Å². The van der Waals surface area contributed by atoms with Gasteiger partial charge in [0, 0.05) is 39.1 Å². The van der Waals surface area contributed by atoms with Gasteiger partial charge in [-0.2, -0.15) is 5.10 Å². The Kier molecular flexibility index (Phi) is 4.17. The van der Waals surface area contributed by atoms with Crippen LogP contribution in [-0.4, -0.2) is 9.78 Å². The van der Waals surface area contributed by atoms with Crippen molar-refractivity contribution < 1.29 is 0 Å². The van der Waals surface area contributed by atoms with E-state index in [0.29, 0.717) is 0 Å². The first-order valence-corrected chi connectivity index (χ1v) is 7.12. The van der Waals surface area contributed by atoms with Gasteiger partial charge < -0.3 is 5.32 Å². The number of halogens is 2. The van der Waals surface area contributed by atoms with Gasteiger partial charge in [-0.15, -0.1) is 0 Å². The van der Waals surface area contributed by atoms with Crippen LogP contribution in [0.1, 0.15) is 17.0 Å². The van der Waals surface area contributed by atoms with Gasteiger partial charge in [0.05, 0.1) is 5.69 Å². The fourth-order valence-corrected chi connectivity index (χ4v) is 2.95. The molecule has 2 aromatic rings. The Morgan fingerprint density at radius 2 is 2.11 bits per heavy atom. The first kappa shape index (κ1) is 13.7. The number of hydrogen-bond acceptors (Lipinski definition) is 2. The van der Waals surface area contributed by atoms with Gasteiger partial charge in [-0.05, 0) is 54.6 Å². The summed E-state index contributed by atoms with van der Waals surface area (Å²) in [5.41, 5.74) is 4.63. The van der Waals surface area contributed by atoms with Gasteiger partial charge in [-0.1, -0.05) is 11.6 Å². The van der Waals surface area contributed by atoms with Crippen LogP contribution in [0.5, 0.6) is 0 Å². The predicted octanol–water partition coefficient (Wildman–Crippen LogP) is 3.91. The van der Waals surface area contributed by atoms with Crippen molar-refractivity contribution in [1.82, 2.24) is 9.78 Å². The third-order valence-corrected chi connectivity index (χ3v) is 4.17. The first-order valence-electron chi connectivity index (χ1n) is 5.67. The molecule has 0 atom stereocenters. The number of anilines is 1. The van der Waals surface area contributed by atoms with Crippen LogP contribution in [0.4, 0.5) is 5.69 Å². The van der Waals surface area contributed by atoms with E-state index in [1.165, 1.54) is 11.3 Å². The summed E-state index contributed by atoms with van der Waals surface area (Å²) in [5, 5.41) is 8.61. The van der Waals surface area contributed by atoms with Crippen LogP contribution in [0.3, 0.4) is 0 Å². The lowest BCUT2D eigenvalue weighted by molar-refractivity contribution is 0.730. The van der Waals surface area contributed by atoms with E-state index in [-0.39, 0.29) is 0 Å². The van der Waals surface area contributed by atoms with Gasteiger partial charge in [0.1, 0.15) is 0 Å². The quantitative estimate of drug-likeness (QED) is 0.825. The lowest BCUT2D eigenvalue weighted by atomic mass is 10.2. The molecule has 1 N–H and O–H groups in total. The minimum Gasteiger partial charge on any atom is -0.380 e. The summed E-state index contributed by atoms with van der Waals surface area (Å²) in [5.74, 6) is 0. The Morgan fingerprint density at radius 1 is 1.39 bits per heavy atom. The normalized spacial score (nSPS) is 10.7. The van der Waals surface area contributed by atoms with Crippen LogP contribution < -0.4 is 5.32 Å². The Balaban J connectivity index is 2.16. The molecule has 0 bridgehead atoms. The van der Waals surface area contributed by atoms with Crippen LogP contribution in [0, 0.1) is 17.4 Å². The zero-order chi connectivity index (χ0) is 13.3. The molecule has 0 aliphatic heterocycles. The molecule has 1 aromatic heterocycles. The molecule has 2 rings (SSSR count). The zero-order valence-corrected chi connectivity index (χ0v) is 13.5. The summed E-state index contributed by atoms with van der Waals surface area (Å²) in [6.45, 7) is 4.91. The van der Waals surface area contributed by atoms with E-state index in [0.717, 1.165) is 26.5 Å². The van der Waals surface area contributed by atoms with Crippen LogP contribution in [-0.2, 0) is 13.6 Å². The molecule has 96 valence electrons. The van der Waals surface area contributed by atoms with Crippen LogP contribution in [0.15, 0.2) is 18.2 Å². The third kappa shape index (κ3) is 2.80. The Hall–Kier alpha value is -0.750. The van der Waals surface area contributed by atoms with Crippen molar-refractivity contribution in [2.45, 2.75) is 20.4 Å². The van der Waals surface area contributed by atoms with E-state index in [2.05, 4.69) is 39.9 Å². The minimum atomic E-state index is 0.763. The van der Waals surface area contributed by atoms with E-state index in [1.54, 1.807) is 0 Å². The summed E-state index contributed by atoms with van der Waals surface area (Å²) in [4.78, 5) is 0. The highest BCUT2D eigenvalue weighted by atomic mass is 127. The van der Waals surface area contributed by atoms with E-state index in [1.807, 2.05) is 36.9 Å². The van der Waals surface area contributed by atoms with Crippen molar-refractivity contribution >= 4 is 39.9 Å². The largest absolute Gasteiger partial charge is 0.380 e. The van der Waals surface area contributed by atoms with Gasteiger partial charge in [0.2, 0.25) is 0 Å². The molecule has 1 aromatic carbocycles. The minimum absolute atomic E-state index is 0.763. The van der Waals surface area contributed by atoms with Crippen molar-refractivity contribution in [3.63, 3.8) is 0 Å². The molecule has 0 saturated heterocycles. The zero-order valence-electron chi connectivity index (χ0n) is 10.6. The average Bonchev–Trinajstić information content (AvgIpc) is 2.53. The van der Waals surface area contributed by atoms with Gasteiger partial charge in [-0.25, -0.2) is 0 Å². The topological polar surface area (TPSA) is 29.9 Å². The molecule has 0 spiro atoms. The lowest BCUT2D eigenvalue weighted by Crippen LogP contribution is -2.03. The summed E-state index contributed by atoms with van der Waals surface area (Å²) in [6, 6.07) is 5.85. The van der Waals surface area contributed by atoms with Crippen molar-refractivity contribution in [1.29, 1.82) is 0 Å². The predicted molar refractivity (Wildman–Crippen MR) is 84.2 cm³/mol. The molecule has 5 heteroatoms. The Morgan fingerprint density at radius 3 is 2.67 bits per heavy atom. The molecule has 0 saturated carbocycles. The highest BCUT2D eigenvalue weighted by molar-refractivity contribution is 14.1. The molecule has 0 radical (unpaired) electrons. The maximum atomic E-state index is 5.94. The fraction of sp³-hybridized carbons (Fsp3) is 0.308. The van der Waals surface area contributed by atoms with Gasteiger partial charge in [-0.3, -0.25) is 4.68 Å². The van der Waals surface area contributed by atoms with Crippen LogP contribution in [0.25, 0.3) is 0 Å². The summed E-state index contributed by atoms with van der Waals surface area (Å²) >= 11 is 8.23. The van der Waals surface area contributed by atoms with Crippen LogP contribution >= 0.6 is 34.2 Å². The third-order valence-electron chi connectivity index (χ3n) is 3.05. The maximum Gasteiger partial charge on any atom is 0.0646 e. The summed E-state index contributed by atoms with van der Waals surface area (Å²) < 4.78 is 3.04. The summed E-state index contributed by atoms with van der Waals surface area (Å²) in [6.07, 6.45) is 0. The second kappa shape index (κ2) is 5.48. The molecule has 1 heterocycles. The van der Waals surface area contributed by atoms with Gasteiger partial charge in [0.25, 0.3) is 0 Å². The average molecular weight is 376 g/mol. The lowest BCUT2D eigenvalue weighted by Gasteiger charge is -2.09. The first-order chi connectivity index (χ1) is 8.49. The molecular formula is C13H15ClIN3. The van der Waals surface area contributed by atoms with Gasteiger partial charge >= 0.3 is 0 Å². The Labute approximate surface area is 126 Å². The number of aromatic nitrogens is 2. The maximum absolute atomic E-state index is 5.94. The van der Waals surface area contributed by atoms with E-state index < -0.39 is 0 Å². The molecule has 0 unspecified atom stereocenters. The number of nitrogens with zero attached hydrogens (tertiary/aromatic N) is 2. The standard InChI is InChI=1S/C13H15ClIN3/c1-8-11(9(2)18(3)17-8)7-16-13-5-4-10(14)6-12(13)15/h4-6,16H,7H2,1-3H3. The second-order valence-corrected chi connectivity index (χ2v) is 5.85. The SMILES string of the molecule is Cc1nn(C)c(C)c1CNc1ccc(Cl)cc1I. The number of aryl methyl sites for hydroxylation is 2. The Bertz CT molecular complexity index is 578. The van der Waals surface area contributed by atoms with Crippen LogP contribution in [0.2, 0.25) is 5.02 Å². The van der Waals surface area contributed by atoms with E-state index in [9.17, 15) is 0 Å². The number of benzene rings is 1. The number of hydrogen-bond donors (Lipinski definition) is 1. The van der Waals surface area contributed by atoms with Crippen molar-refractivity contribution in [3.05, 3.63) is 43.7 Å². The smallest absolute Gasteiger partial charge is 0.0646 e. The van der Waals surface area contributed by atoms with Crippen molar-refractivity contribution in [2.75, 3.05) is 5.32 Å². The molecule has 0 amide bonds. The molecular weight excluding hydrogens is 361 g/mol. The number of nitrogens with one attached hydrogen (secondary N) is 1. The number of rotatable bonds is 3. The molecule has 18 heavy (non-hydrogen) atoms. The molecule has 0 aliphatic rings. The fourth-order valence-electron chi connectivity index (χ4n) is 1.89. The van der Waals surface area contributed by atoms with Crippen molar-refractivity contribution in [2.24, 2.45) is 7.05 Å². The monoisotopic (exact) mass is 375 g/mol. The molecule has 0 fully saturated rings. The summed E-state index contributed by atoms with van der Waals surface area (Å²) in [7, 11) is 1.97. The van der Waals surface area contributed by atoms with Gasteiger partial charge in [0.15, 0.2) is 0 Å². The molecule has 0 aliphatic carbocycles.